The molecule has 0 aliphatic carbocycles. The molecule has 2 aromatic rings. The van der Waals surface area contributed by atoms with Crippen LogP contribution in [-0.4, -0.2) is 28.8 Å². The summed E-state index contributed by atoms with van der Waals surface area (Å²) in [6, 6.07) is 10.0. The molecule has 0 bridgehead atoms. The van der Waals surface area contributed by atoms with Crippen LogP contribution < -0.4 is 10.6 Å². The van der Waals surface area contributed by atoms with Crippen LogP contribution in [0.3, 0.4) is 0 Å². The number of amides is 1. The van der Waals surface area contributed by atoms with Gasteiger partial charge in [0.1, 0.15) is 0 Å². The van der Waals surface area contributed by atoms with E-state index in [0.717, 1.165) is 24.3 Å². The van der Waals surface area contributed by atoms with Crippen LogP contribution in [0.15, 0.2) is 42.7 Å². The zero-order valence-electron chi connectivity index (χ0n) is 15.1. The van der Waals surface area contributed by atoms with Crippen molar-refractivity contribution in [1.29, 1.82) is 0 Å². The number of hydrogen-bond donors (Lipinski definition) is 2. The summed E-state index contributed by atoms with van der Waals surface area (Å²) in [5, 5.41) is 10.8. The molecule has 2 N–H and O–H groups in total. The molecule has 1 amide bonds. The average molecular weight is 340 g/mol. The molecule has 25 heavy (non-hydrogen) atoms. The number of hydrogen-bond acceptors (Lipinski definition) is 3. The van der Waals surface area contributed by atoms with E-state index in [-0.39, 0.29) is 11.9 Å². The molecule has 5 nitrogen and oxygen atoms in total. The smallest absolute Gasteiger partial charge is 0.220 e. The summed E-state index contributed by atoms with van der Waals surface area (Å²) in [5.41, 5.74) is 2.10. The van der Waals surface area contributed by atoms with Gasteiger partial charge in [0.25, 0.3) is 0 Å². The number of nitrogens with one attached hydrogen (secondary N) is 2. The Balaban J connectivity index is 1.57. The first kappa shape index (κ1) is 17.7. The fraction of sp³-hybridized carbons (Fsp3) is 0.500. The van der Waals surface area contributed by atoms with Crippen molar-refractivity contribution in [1.82, 2.24) is 20.4 Å². The summed E-state index contributed by atoms with van der Waals surface area (Å²) in [7, 11) is 0. The zero-order chi connectivity index (χ0) is 17.6. The molecule has 1 aromatic carbocycles. The Morgan fingerprint density at radius 3 is 3.00 bits per heavy atom. The molecule has 134 valence electrons. The lowest BCUT2D eigenvalue weighted by Crippen LogP contribution is -2.36. The van der Waals surface area contributed by atoms with Crippen LogP contribution in [0.2, 0.25) is 0 Å². The summed E-state index contributed by atoms with van der Waals surface area (Å²) >= 11 is 0. The van der Waals surface area contributed by atoms with Crippen LogP contribution >= 0.6 is 0 Å². The predicted octanol–water partition coefficient (Wildman–Crippen LogP) is 3.08. The van der Waals surface area contributed by atoms with Crippen molar-refractivity contribution in [3.8, 4) is 5.69 Å². The Morgan fingerprint density at radius 2 is 2.28 bits per heavy atom. The lowest BCUT2D eigenvalue weighted by atomic mass is 9.85. The molecular formula is C20H28N4O. The molecule has 1 aliphatic heterocycles. The molecule has 0 radical (unpaired) electrons. The highest BCUT2D eigenvalue weighted by molar-refractivity contribution is 5.76. The Kier molecular flexibility index (Phi) is 5.87. The second-order valence-electron chi connectivity index (χ2n) is 7.12. The third-order valence-corrected chi connectivity index (χ3v) is 5.16. The fourth-order valence-corrected chi connectivity index (χ4v) is 3.57. The molecular weight excluding hydrogens is 312 g/mol. The zero-order valence-corrected chi connectivity index (χ0v) is 15.1. The third kappa shape index (κ3) is 4.69. The summed E-state index contributed by atoms with van der Waals surface area (Å²) < 4.78 is 1.83. The largest absolute Gasteiger partial charge is 0.350 e. The first-order chi connectivity index (χ1) is 12.1. The van der Waals surface area contributed by atoms with E-state index < -0.39 is 0 Å². The van der Waals surface area contributed by atoms with E-state index in [0.29, 0.717) is 18.3 Å². The monoisotopic (exact) mass is 340 g/mol. The molecule has 3 unspecified atom stereocenters. The van der Waals surface area contributed by atoms with Gasteiger partial charge in [-0.2, -0.15) is 5.10 Å². The van der Waals surface area contributed by atoms with Gasteiger partial charge < -0.3 is 10.6 Å². The first-order valence-electron chi connectivity index (χ1n) is 9.23. The molecule has 1 fully saturated rings. The second-order valence-corrected chi connectivity index (χ2v) is 7.12. The maximum Gasteiger partial charge on any atom is 0.220 e. The van der Waals surface area contributed by atoms with Gasteiger partial charge in [0.2, 0.25) is 5.91 Å². The number of piperidine rings is 1. The van der Waals surface area contributed by atoms with Gasteiger partial charge in [0, 0.05) is 18.8 Å². The number of nitrogens with zero attached hydrogens (tertiary/aromatic N) is 2. The first-order valence-corrected chi connectivity index (χ1v) is 9.23. The maximum absolute atomic E-state index is 12.4. The lowest BCUT2D eigenvalue weighted by Gasteiger charge is -2.28. The number of rotatable bonds is 6. The molecule has 1 aliphatic rings. The van der Waals surface area contributed by atoms with Gasteiger partial charge in [-0.15, -0.1) is 0 Å². The van der Waals surface area contributed by atoms with E-state index >= 15 is 0 Å². The minimum absolute atomic E-state index is 0.0142. The number of aromatic nitrogens is 2. The summed E-state index contributed by atoms with van der Waals surface area (Å²) in [6.45, 7) is 6.38. The van der Waals surface area contributed by atoms with Gasteiger partial charge in [0.15, 0.2) is 0 Å². The van der Waals surface area contributed by atoms with Crippen LogP contribution in [-0.2, 0) is 4.79 Å². The fourth-order valence-electron chi connectivity index (χ4n) is 3.57. The van der Waals surface area contributed by atoms with Crippen molar-refractivity contribution in [3.05, 3.63) is 48.3 Å². The van der Waals surface area contributed by atoms with E-state index in [1.54, 1.807) is 6.20 Å². The SMILES string of the molecule is CC(NC(=O)CC(C)C1CCCNC1)c1cccc(-n2cccn2)c1. The van der Waals surface area contributed by atoms with Crippen molar-refractivity contribution >= 4 is 5.91 Å². The number of carbonyl (C=O) groups excluding carboxylic acids is 1. The van der Waals surface area contributed by atoms with Gasteiger partial charge in [-0.1, -0.05) is 19.1 Å². The number of carbonyl (C=O) groups is 1. The molecule has 0 spiro atoms. The van der Waals surface area contributed by atoms with E-state index in [1.165, 1.54) is 12.8 Å². The minimum atomic E-state index is -0.0142. The highest BCUT2D eigenvalue weighted by Crippen LogP contribution is 2.23. The molecule has 2 heterocycles. The van der Waals surface area contributed by atoms with Gasteiger partial charge in [-0.05, 0) is 68.5 Å². The Labute approximate surface area is 149 Å². The highest BCUT2D eigenvalue weighted by atomic mass is 16.1. The second kappa shape index (κ2) is 8.30. The van der Waals surface area contributed by atoms with Crippen molar-refractivity contribution < 1.29 is 4.79 Å². The normalized spacial score (nSPS) is 20.0. The predicted molar refractivity (Wildman–Crippen MR) is 99.5 cm³/mol. The van der Waals surface area contributed by atoms with E-state index in [9.17, 15) is 4.79 Å². The molecule has 0 saturated carbocycles. The quantitative estimate of drug-likeness (QED) is 0.850. The summed E-state index contributed by atoms with van der Waals surface area (Å²) in [6.07, 6.45) is 6.72. The topological polar surface area (TPSA) is 59.0 Å². The van der Waals surface area contributed by atoms with E-state index in [4.69, 9.17) is 0 Å². The van der Waals surface area contributed by atoms with Gasteiger partial charge in [0.05, 0.1) is 11.7 Å². The van der Waals surface area contributed by atoms with Crippen molar-refractivity contribution in [3.63, 3.8) is 0 Å². The molecule has 5 heteroatoms. The average Bonchev–Trinajstić information content (AvgIpc) is 3.17. The van der Waals surface area contributed by atoms with Crippen LogP contribution in [0.4, 0.5) is 0 Å². The van der Waals surface area contributed by atoms with Gasteiger partial charge in [-0.3, -0.25) is 4.79 Å². The van der Waals surface area contributed by atoms with Gasteiger partial charge in [-0.25, -0.2) is 4.68 Å². The van der Waals surface area contributed by atoms with Crippen molar-refractivity contribution in [2.24, 2.45) is 11.8 Å². The highest BCUT2D eigenvalue weighted by Gasteiger charge is 2.22. The molecule has 1 aromatic heterocycles. The standard InChI is InChI=1S/C20H28N4O/c1-15(18-7-4-9-21-14-18)12-20(25)23-16(2)17-6-3-8-19(13-17)24-11-5-10-22-24/h3,5-6,8,10-11,13,15-16,18,21H,4,7,9,12,14H2,1-2H3,(H,23,25). The van der Waals surface area contributed by atoms with Crippen LogP contribution in [0.25, 0.3) is 5.69 Å². The Bertz CT molecular complexity index is 677. The minimum Gasteiger partial charge on any atom is -0.350 e. The maximum atomic E-state index is 12.4. The van der Waals surface area contributed by atoms with Crippen LogP contribution in [0, 0.1) is 11.8 Å². The van der Waals surface area contributed by atoms with Crippen LogP contribution in [0.5, 0.6) is 0 Å². The summed E-state index contributed by atoms with van der Waals surface area (Å²) in [4.78, 5) is 12.4. The molecule has 1 saturated heterocycles. The number of benzene rings is 1. The summed E-state index contributed by atoms with van der Waals surface area (Å²) in [5.74, 6) is 1.16. The van der Waals surface area contributed by atoms with Gasteiger partial charge >= 0.3 is 0 Å². The van der Waals surface area contributed by atoms with Crippen molar-refractivity contribution in [2.45, 2.75) is 39.2 Å². The Hall–Kier alpha value is -2.14. The molecule has 3 atom stereocenters. The van der Waals surface area contributed by atoms with Crippen molar-refractivity contribution in [2.75, 3.05) is 13.1 Å². The molecule has 3 rings (SSSR count). The van der Waals surface area contributed by atoms with E-state index in [2.05, 4.69) is 28.7 Å². The van der Waals surface area contributed by atoms with Crippen LogP contribution in [0.1, 0.15) is 44.7 Å². The Morgan fingerprint density at radius 1 is 1.40 bits per heavy atom. The lowest BCUT2D eigenvalue weighted by molar-refractivity contribution is -0.123. The van der Waals surface area contributed by atoms with E-state index in [1.807, 2.05) is 42.1 Å². The third-order valence-electron chi connectivity index (χ3n) is 5.16.